The van der Waals surface area contributed by atoms with Crippen molar-refractivity contribution in [2.75, 3.05) is 5.32 Å². The predicted molar refractivity (Wildman–Crippen MR) is 234 cm³/mol. The Labute approximate surface area is 379 Å². The third kappa shape index (κ3) is 9.92. The number of ether oxygens (including phenoxy) is 2. The molecule has 0 aromatic heterocycles. The Balaban J connectivity index is 1.03. The molecule has 3 atom stereocenters. The molecule has 0 aliphatic carbocycles. The van der Waals surface area contributed by atoms with E-state index in [2.05, 4.69) is 16.7 Å². The number of fused-ring (bicyclic) bond motifs is 2. The number of rotatable bonds is 11. The first-order valence-corrected chi connectivity index (χ1v) is 20.8. The minimum absolute atomic E-state index is 0.133. The molecule has 0 bridgehead atoms. The van der Waals surface area contributed by atoms with E-state index in [0.29, 0.717) is 49.7 Å². The van der Waals surface area contributed by atoms with Crippen LogP contribution in [0, 0.1) is 11.3 Å². The molecule has 2 aliphatic rings. The van der Waals surface area contributed by atoms with Gasteiger partial charge >= 0.3 is 12.1 Å². The SMILES string of the molecule is N#Cc1ccc(-c2ccc(CC(NC(=O)[C@@H]3Cc4cc5c(cc4CN3C(=O)c3cccc(C(F)(F)F)c3)O[C@@H](c3ccc(OCc4ccc(Cl)c(Cl)c4)cc3)C(=O)N5)C(=O)O)cc2)cc1. The number of halogens is 5. The third-order valence-corrected chi connectivity index (χ3v) is 11.8. The fourth-order valence-corrected chi connectivity index (χ4v) is 7.98. The number of anilines is 1. The molecule has 3 amide bonds. The molecule has 1 unspecified atom stereocenters. The van der Waals surface area contributed by atoms with Gasteiger partial charge in [-0.1, -0.05) is 83.9 Å². The molecule has 6 aromatic rings. The van der Waals surface area contributed by atoms with Crippen LogP contribution in [0.15, 0.2) is 127 Å². The van der Waals surface area contributed by atoms with E-state index in [-0.39, 0.29) is 43.0 Å². The minimum atomic E-state index is -4.76. The number of nitrogens with one attached hydrogen (secondary N) is 2. The smallest absolute Gasteiger partial charge is 0.416 e. The summed E-state index contributed by atoms with van der Waals surface area (Å²) < 4.78 is 53.4. The number of carboxylic acid groups (broad SMARTS) is 1. The van der Waals surface area contributed by atoms with Gasteiger partial charge in [0, 0.05) is 30.5 Å². The molecular formula is C49H35Cl2F3N4O7. The second kappa shape index (κ2) is 18.4. The Bertz CT molecular complexity index is 2870. The van der Waals surface area contributed by atoms with Gasteiger partial charge in [0.1, 0.15) is 30.2 Å². The van der Waals surface area contributed by atoms with E-state index >= 15 is 0 Å². The highest BCUT2D eigenvalue weighted by Crippen LogP contribution is 2.40. The number of carbonyl (C=O) groups is 4. The zero-order chi connectivity index (χ0) is 46.0. The maximum Gasteiger partial charge on any atom is 0.416 e. The first-order chi connectivity index (χ1) is 31.1. The van der Waals surface area contributed by atoms with E-state index in [1.54, 1.807) is 103 Å². The fourth-order valence-electron chi connectivity index (χ4n) is 7.66. The molecular weight excluding hydrogens is 884 g/mol. The van der Waals surface area contributed by atoms with Crippen LogP contribution in [0.1, 0.15) is 55.4 Å². The van der Waals surface area contributed by atoms with E-state index < -0.39 is 53.6 Å². The van der Waals surface area contributed by atoms with Gasteiger partial charge in [-0.2, -0.15) is 18.4 Å². The third-order valence-electron chi connectivity index (χ3n) is 11.1. The summed E-state index contributed by atoms with van der Waals surface area (Å²) in [5.74, 6) is -2.81. The molecule has 2 aliphatic heterocycles. The van der Waals surface area contributed by atoms with Gasteiger partial charge in [0.15, 0.2) is 0 Å². The van der Waals surface area contributed by atoms with Crippen LogP contribution in [-0.2, 0) is 46.6 Å². The minimum Gasteiger partial charge on any atom is -0.489 e. The lowest BCUT2D eigenvalue weighted by molar-refractivity contribution is -0.142. The van der Waals surface area contributed by atoms with Crippen molar-refractivity contribution in [3.8, 4) is 28.7 Å². The van der Waals surface area contributed by atoms with Gasteiger partial charge in [0.2, 0.25) is 12.0 Å². The molecule has 3 N–H and O–H groups in total. The van der Waals surface area contributed by atoms with Crippen molar-refractivity contribution >= 4 is 52.6 Å². The van der Waals surface area contributed by atoms with E-state index in [4.69, 9.17) is 37.9 Å². The predicted octanol–water partition coefficient (Wildman–Crippen LogP) is 9.58. The van der Waals surface area contributed by atoms with Crippen LogP contribution in [0.25, 0.3) is 11.1 Å². The number of hydrogen-bond acceptors (Lipinski definition) is 7. The lowest BCUT2D eigenvalue weighted by Crippen LogP contribution is -2.56. The molecule has 6 aromatic carbocycles. The van der Waals surface area contributed by atoms with Crippen molar-refractivity contribution in [3.05, 3.63) is 182 Å². The Hall–Kier alpha value is -7.34. The molecule has 0 saturated heterocycles. The first-order valence-electron chi connectivity index (χ1n) is 20.0. The lowest BCUT2D eigenvalue weighted by atomic mass is 9.91. The van der Waals surface area contributed by atoms with E-state index in [0.717, 1.165) is 33.7 Å². The van der Waals surface area contributed by atoms with Gasteiger partial charge in [-0.25, -0.2) is 4.79 Å². The summed E-state index contributed by atoms with van der Waals surface area (Å²) in [7, 11) is 0. The van der Waals surface area contributed by atoms with E-state index in [1.807, 2.05) is 0 Å². The molecule has 65 heavy (non-hydrogen) atoms. The molecule has 0 spiro atoms. The Morgan fingerprint density at radius 2 is 1.57 bits per heavy atom. The monoisotopic (exact) mass is 918 g/mol. The fraction of sp³-hybridized carbons (Fsp3) is 0.163. The summed E-state index contributed by atoms with van der Waals surface area (Å²) in [6.45, 7) is -0.0560. The lowest BCUT2D eigenvalue weighted by Gasteiger charge is -2.38. The maximum absolute atomic E-state index is 14.2. The zero-order valence-electron chi connectivity index (χ0n) is 33.9. The highest BCUT2D eigenvalue weighted by atomic mass is 35.5. The van der Waals surface area contributed by atoms with Crippen LogP contribution in [0.2, 0.25) is 10.0 Å². The molecule has 2 heterocycles. The molecule has 0 fully saturated rings. The summed E-state index contributed by atoms with van der Waals surface area (Å²) in [6.07, 6.45) is -6.15. The number of nitriles is 1. The van der Waals surface area contributed by atoms with E-state index in [9.17, 15) is 37.5 Å². The van der Waals surface area contributed by atoms with Crippen LogP contribution in [0.5, 0.6) is 11.5 Å². The van der Waals surface area contributed by atoms with Crippen LogP contribution in [0.3, 0.4) is 0 Å². The number of benzene rings is 6. The highest BCUT2D eigenvalue weighted by molar-refractivity contribution is 6.42. The van der Waals surface area contributed by atoms with Crippen molar-refractivity contribution in [3.63, 3.8) is 0 Å². The average molecular weight is 920 g/mol. The average Bonchev–Trinajstić information content (AvgIpc) is 3.30. The molecule has 8 rings (SSSR count). The van der Waals surface area contributed by atoms with Gasteiger partial charge in [-0.05, 0) is 100 Å². The standard InChI is InChI=1S/C49H35Cl2F3N4O7/c50-38-17-8-29(18-39(38)51)26-64-37-15-13-32(14-16-37)44-46(60)56-40-21-34-22-42(58(25-35(34)23-43(40)65-44)47(61)33-2-1-3-36(20-33)49(52,53)54)45(59)57-41(48(62)63)19-27-4-9-30(10-5-27)31-11-6-28(24-55)7-12-31/h1-18,20-21,23,41-42,44H,19,22,25-26H2,(H,56,60)(H,57,59)(H,62,63)/t41?,42-,44-/m0/s1. The number of carbonyl (C=O) groups excluding carboxylic acids is 3. The Kier molecular flexibility index (Phi) is 12.5. The summed E-state index contributed by atoms with van der Waals surface area (Å²) in [5.41, 5.74) is 3.93. The van der Waals surface area contributed by atoms with Crippen LogP contribution in [-0.4, -0.2) is 45.8 Å². The van der Waals surface area contributed by atoms with Crippen molar-refractivity contribution < 1.29 is 46.9 Å². The first kappa shape index (κ1) is 44.3. The van der Waals surface area contributed by atoms with Crippen LogP contribution < -0.4 is 20.1 Å². The van der Waals surface area contributed by atoms with Gasteiger partial charge in [0.25, 0.3) is 11.8 Å². The number of nitrogens with zero attached hydrogens (tertiary/aromatic N) is 2. The van der Waals surface area contributed by atoms with Gasteiger partial charge in [0.05, 0.1) is 32.9 Å². The highest BCUT2D eigenvalue weighted by Gasteiger charge is 2.40. The number of carboxylic acids is 1. The van der Waals surface area contributed by atoms with Crippen LogP contribution in [0.4, 0.5) is 18.9 Å². The Morgan fingerprint density at radius 1 is 0.877 bits per heavy atom. The summed E-state index contributed by atoms with van der Waals surface area (Å²) in [4.78, 5) is 55.5. The number of amides is 3. The summed E-state index contributed by atoms with van der Waals surface area (Å²) in [5, 5.41) is 25.6. The number of alkyl halides is 3. The van der Waals surface area contributed by atoms with Crippen LogP contribution >= 0.6 is 23.2 Å². The van der Waals surface area contributed by atoms with E-state index in [1.165, 1.54) is 6.07 Å². The largest absolute Gasteiger partial charge is 0.489 e. The number of aliphatic carboxylic acids is 1. The molecule has 16 heteroatoms. The molecule has 11 nitrogen and oxygen atoms in total. The van der Waals surface area contributed by atoms with Crippen molar-refractivity contribution in [1.82, 2.24) is 10.2 Å². The molecule has 0 saturated carbocycles. The van der Waals surface area contributed by atoms with Crippen molar-refractivity contribution in [1.29, 1.82) is 5.26 Å². The van der Waals surface area contributed by atoms with Crippen molar-refractivity contribution in [2.24, 2.45) is 0 Å². The van der Waals surface area contributed by atoms with Gasteiger partial charge < -0.3 is 30.1 Å². The Morgan fingerprint density at radius 3 is 2.23 bits per heavy atom. The second-order valence-corrected chi connectivity index (χ2v) is 16.2. The zero-order valence-corrected chi connectivity index (χ0v) is 35.4. The normalized spacial score (nSPS) is 15.9. The number of hydrogen-bond donors (Lipinski definition) is 3. The topological polar surface area (TPSA) is 158 Å². The maximum atomic E-state index is 14.2. The summed E-state index contributed by atoms with van der Waals surface area (Å²) >= 11 is 12.1. The van der Waals surface area contributed by atoms with Crippen molar-refractivity contribution in [2.45, 2.75) is 50.4 Å². The molecule has 0 radical (unpaired) electrons. The van der Waals surface area contributed by atoms with Gasteiger partial charge in [-0.3, -0.25) is 14.4 Å². The van der Waals surface area contributed by atoms with Gasteiger partial charge in [-0.15, -0.1) is 0 Å². The quantitative estimate of drug-likeness (QED) is 0.116. The summed E-state index contributed by atoms with van der Waals surface area (Å²) in [6, 6.07) is 32.1. The molecule has 328 valence electrons. The second-order valence-electron chi connectivity index (χ2n) is 15.4.